The molecule has 1 heterocycles. The van der Waals surface area contributed by atoms with Gasteiger partial charge in [-0.1, -0.05) is 12.1 Å². The minimum atomic E-state index is -0.0951. The molecule has 82 valence electrons. The number of rotatable bonds is 2. The number of benzene rings is 1. The lowest BCUT2D eigenvalue weighted by Gasteiger charge is -2.06. The maximum absolute atomic E-state index is 11.5. The molecule has 4 nitrogen and oxygen atoms in total. The van der Waals surface area contributed by atoms with E-state index in [-0.39, 0.29) is 11.3 Å². The van der Waals surface area contributed by atoms with Gasteiger partial charge in [0.2, 0.25) is 0 Å². The first-order chi connectivity index (χ1) is 7.65. The number of phenols is 1. The molecule has 0 aliphatic carbocycles. The summed E-state index contributed by atoms with van der Waals surface area (Å²) in [6, 6.07) is 9.74. The van der Waals surface area contributed by atoms with E-state index in [0.29, 0.717) is 12.2 Å². The van der Waals surface area contributed by atoms with Crippen molar-refractivity contribution in [1.29, 1.82) is 0 Å². The Balaban J connectivity index is 2.30. The van der Waals surface area contributed by atoms with Gasteiger partial charge in [0, 0.05) is 18.0 Å². The average Bonchev–Trinajstić information content (AvgIpc) is 2.27. The third-order valence-corrected chi connectivity index (χ3v) is 2.30. The second kappa shape index (κ2) is 4.10. The molecule has 0 atom stereocenters. The third kappa shape index (κ3) is 2.23. The van der Waals surface area contributed by atoms with Gasteiger partial charge < -0.3 is 15.4 Å². The Morgan fingerprint density at radius 2 is 1.81 bits per heavy atom. The highest BCUT2D eigenvalue weighted by atomic mass is 16.3. The first-order valence-corrected chi connectivity index (χ1v) is 4.89. The predicted molar refractivity (Wildman–Crippen MR) is 62.3 cm³/mol. The summed E-state index contributed by atoms with van der Waals surface area (Å²) >= 11 is 0. The summed E-state index contributed by atoms with van der Waals surface area (Å²) in [6.45, 7) is 0.449. The highest BCUT2D eigenvalue weighted by Crippen LogP contribution is 2.10. The molecule has 1 aromatic carbocycles. The molecule has 0 saturated heterocycles. The summed E-state index contributed by atoms with van der Waals surface area (Å²) in [5.74, 6) is 0.212. The van der Waals surface area contributed by atoms with Gasteiger partial charge in [-0.05, 0) is 23.8 Å². The molecular weight excluding hydrogens is 204 g/mol. The molecule has 0 saturated carbocycles. The Morgan fingerprint density at radius 1 is 1.12 bits per heavy atom. The summed E-state index contributed by atoms with van der Waals surface area (Å²) in [5.41, 5.74) is 7.00. The second-order valence-corrected chi connectivity index (χ2v) is 3.60. The van der Waals surface area contributed by atoms with Crippen LogP contribution in [0, 0.1) is 0 Å². The van der Waals surface area contributed by atoms with E-state index in [1.807, 2.05) is 0 Å². The zero-order chi connectivity index (χ0) is 11.5. The smallest absolute Gasteiger partial charge is 0.250 e. The number of nitrogens with zero attached hydrogens (tertiary/aromatic N) is 1. The average molecular weight is 216 g/mol. The van der Waals surface area contributed by atoms with Crippen LogP contribution in [0.4, 0.5) is 5.69 Å². The van der Waals surface area contributed by atoms with Crippen molar-refractivity contribution >= 4 is 5.69 Å². The first kappa shape index (κ1) is 10.3. The zero-order valence-corrected chi connectivity index (χ0v) is 8.63. The summed E-state index contributed by atoms with van der Waals surface area (Å²) in [5, 5.41) is 9.13. The van der Waals surface area contributed by atoms with Crippen LogP contribution in [-0.4, -0.2) is 9.67 Å². The topological polar surface area (TPSA) is 68.2 Å². The number of nitrogens with two attached hydrogens (primary N) is 1. The highest BCUT2D eigenvalue weighted by Gasteiger charge is 1.98. The number of nitrogen functional groups attached to an aromatic ring is 1. The lowest BCUT2D eigenvalue weighted by atomic mass is 10.2. The number of hydrogen-bond donors (Lipinski definition) is 2. The van der Waals surface area contributed by atoms with E-state index in [9.17, 15) is 4.79 Å². The molecule has 0 aliphatic heterocycles. The van der Waals surface area contributed by atoms with Gasteiger partial charge in [-0.2, -0.15) is 0 Å². The van der Waals surface area contributed by atoms with Crippen LogP contribution in [0.5, 0.6) is 5.75 Å². The monoisotopic (exact) mass is 216 g/mol. The van der Waals surface area contributed by atoms with E-state index in [1.54, 1.807) is 36.5 Å². The van der Waals surface area contributed by atoms with Crippen molar-refractivity contribution in [3.8, 4) is 5.75 Å². The van der Waals surface area contributed by atoms with Crippen molar-refractivity contribution in [3.05, 3.63) is 58.5 Å². The molecule has 0 fully saturated rings. The van der Waals surface area contributed by atoms with E-state index in [2.05, 4.69) is 0 Å². The highest BCUT2D eigenvalue weighted by molar-refractivity contribution is 5.34. The Bertz CT molecular complexity index is 544. The lowest BCUT2D eigenvalue weighted by Crippen LogP contribution is -2.19. The Labute approximate surface area is 92.6 Å². The minimum absolute atomic E-state index is 0.0951. The molecule has 0 amide bonds. The van der Waals surface area contributed by atoms with Crippen molar-refractivity contribution in [3.63, 3.8) is 0 Å². The molecule has 0 bridgehead atoms. The fraction of sp³-hybridized carbons (Fsp3) is 0.0833. The Kier molecular flexibility index (Phi) is 2.64. The lowest BCUT2D eigenvalue weighted by molar-refractivity contribution is 0.475. The van der Waals surface area contributed by atoms with Gasteiger partial charge in [0.05, 0.1) is 6.54 Å². The van der Waals surface area contributed by atoms with Gasteiger partial charge in [-0.15, -0.1) is 0 Å². The molecule has 1 aromatic heterocycles. The fourth-order valence-corrected chi connectivity index (χ4v) is 1.47. The standard InChI is InChI=1S/C12H12N2O2/c13-10-3-6-12(16)14(8-10)7-9-1-4-11(15)5-2-9/h1-6,8,15H,7,13H2. The quantitative estimate of drug-likeness (QED) is 0.792. The Hall–Kier alpha value is -2.23. The van der Waals surface area contributed by atoms with Crippen LogP contribution in [0.15, 0.2) is 47.4 Å². The van der Waals surface area contributed by atoms with E-state index in [0.717, 1.165) is 5.56 Å². The van der Waals surface area contributed by atoms with E-state index < -0.39 is 0 Å². The molecule has 0 radical (unpaired) electrons. The van der Waals surface area contributed by atoms with Crippen LogP contribution in [0.25, 0.3) is 0 Å². The fourth-order valence-electron chi connectivity index (χ4n) is 1.47. The molecule has 2 rings (SSSR count). The van der Waals surface area contributed by atoms with Crippen molar-refractivity contribution in [2.45, 2.75) is 6.54 Å². The van der Waals surface area contributed by atoms with Crippen LogP contribution in [-0.2, 0) is 6.54 Å². The van der Waals surface area contributed by atoms with Crippen LogP contribution in [0.3, 0.4) is 0 Å². The molecule has 2 aromatic rings. The number of aromatic nitrogens is 1. The SMILES string of the molecule is Nc1ccc(=O)n(Cc2ccc(O)cc2)c1. The van der Waals surface area contributed by atoms with Gasteiger partial charge in [-0.3, -0.25) is 4.79 Å². The number of phenolic OH excluding ortho intramolecular Hbond substituents is 1. The number of hydrogen-bond acceptors (Lipinski definition) is 3. The van der Waals surface area contributed by atoms with Gasteiger partial charge >= 0.3 is 0 Å². The molecule has 0 spiro atoms. The molecule has 4 heteroatoms. The molecule has 0 aliphatic rings. The van der Waals surface area contributed by atoms with Gasteiger partial charge in [0.15, 0.2) is 0 Å². The van der Waals surface area contributed by atoms with Gasteiger partial charge in [0.1, 0.15) is 5.75 Å². The van der Waals surface area contributed by atoms with Crippen molar-refractivity contribution in [1.82, 2.24) is 4.57 Å². The van der Waals surface area contributed by atoms with Crippen LogP contribution >= 0.6 is 0 Å². The van der Waals surface area contributed by atoms with E-state index in [4.69, 9.17) is 10.8 Å². The normalized spacial score (nSPS) is 10.2. The van der Waals surface area contributed by atoms with Gasteiger partial charge in [0.25, 0.3) is 5.56 Å². The zero-order valence-electron chi connectivity index (χ0n) is 8.63. The molecule has 3 N–H and O–H groups in total. The summed E-state index contributed by atoms with van der Waals surface area (Å²) in [6.07, 6.45) is 1.61. The van der Waals surface area contributed by atoms with E-state index >= 15 is 0 Å². The second-order valence-electron chi connectivity index (χ2n) is 3.60. The predicted octanol–water partition coefficient (Wildman–Crippen LogP) is 1.18. The molecule has 0 unspecified atom stereocenters. The van der Waals surface area contributed by atoms with Crippen LogP contribution < -0.4 is 11.3 Å². The third-order valence-electron chi connectivity index (χ3n) is 2.30. The summed E-state index contributed by atoms with van der Waals surface area (Å²) in [7, 11) is 0. The van der Waals surface area contributed by atoms with Crippen molar-refractivity contribution in [2.75, 3.05) is 5.73 Å². The molecule has 16 heavy (non-hydrogen) atoms. The number of anilines is 1. The summed E-state index contributed by atoms with van der Waals surface area (Å²) < 4.78 is 1.53. The minimum Gasteiger partial charge on any atom is -0.508 e. The maximum Gasteiger partial charge on any atom is 0.250 e. The van der Waals surface area contributed by atoms with Gasteiger partial charge in [-0.25, -0.2) is 0 Å². The van der Waals surface area contributed by atoms with Crippen LogP contribution in [0.1, 0.15) is 5.56 Å². The van der Waals surface area contributed by atoms with Crippen LogP contribution in [0.2, 0.25) is 0 Å². The summed E-state index contributed by atoms with van der Waals surface area (Å²) in [4.78, 5) is 11.5. The number of aromatic hydroxyl groups is 1. The van der Waals surface area contributed by atoms with Crippen molar-refractivity contribution < 1.29 is 5.11 Å². The first-order valence-electron chi connectivity index (χ1n) is 4.89. The largest absolute Gasteiger partial charge is 0.508 e. The Morgan fingerprint density at radius 3 is 2.50 bits per heavy atom. The number of pyridine rings is 1. The van der Waals surface area contributed by atoms with E-state index in [1.165, 1.54) is 10.6 Å². The molecular formula is C12H12N2O2. The maximum atomic E-state index is 11.5. The van der Waals surface area contributed by atoms with Crippen molar-refractivity contribution in [2.24, 2.45) is 0 Å².